The third-order valence-electron chi connectivity index (χ3n) is 7.27. The Bertz CT molecular complexity index is 1530. The van der Waals surface area contributed by atoms with Crippen LogP contribution in [0, 0.1) is 5.82 Å². The minimum atomic E-state index is -5.26. The maximum absolute atomic E-state index is 14.4. The Labute approximate surface area is 233 Å². The van der Waals surface area contributed by atoms with E-state index < -0.39 is 35.6 Å². The number of fused-ring (bicyclic) bond motifs is 1. The highest BCUT2D eigenvalue weighted by Gasteiger charge is 2.50. The summed E-state index contributed by atoms with van der Waals surface area (Å²) in [6.45, 7) is 0. The van der Waals surface area contributed by atoms with Crippen LogP contribution in [0.25, 0.3) is 0 Å². The molecule has 1 amide bonds. The Morgan fingerprint density at radius 2 is 1.59 bits per heavy atom. The molecule has 1 N–H and O–H groups in total. The van der Waals surface area contributed by atoms with Gasteiger partial charge in [0, 0.05) is 17.7 Å². The van der Waals surface area contributed by atoms with E-state index in [-0.39, 0.29) is 35.4 Å². The Balaban J connectivity index is 1.71. The van der Waals surface area contributed by atoms with Crippen molar-refractivity contribution < 1.29 is 41.4 Å². The number of allylic oxidation sites excluding steroid dienone is 1. The van der Waals surface area contributed by atoms with Crippen LogP contribution in [-0.2, 0) is 9.59 Å². The third-order valence-corrected chi connectivity index (χ3v) is 7.27. The SMILES string of the molecule is COc1cc(C2CC(=O)C3=C(C2)Nc2ccccc2N(C(=O)C(F)(F)F)C3c2cccc(F)c2)cc(OC)c1OC. The number of nitrogens with one attached hydrogen (secondary N) is 1. The van der Waals surface area contributed by atoms with Gasteiger partial charge in [-0.05, 0) is 59.9 Å². The van der Waals surface area contributed by atoms with E-state index in [2.05, 4.69) is 5.32 Å². The molecule has 0 saturated carbocycles. The molecule has 3 aromatic carbocycles. The van der Waals surface area contributed by atoms with Crippen LogP contribution >= 0.6 is 0 Å². The number of Topliss-reactive ketones (excluding diaryl/α,β-unsaturated/α-hetero) is 1. The first kappa shape index (κ1) is 28.0. The fraction of sp³-hybridized carbons (Fsp3) is 0.267. The fourth-order valence-corrected chi connectivity index (χ4v) is 5.52. The van der Waals surface area contributed by atoms with Crippen molar-refractivity contribution in [1.82, 2.24) is 0 Å². The average molecular weight is 571 g/mol. The van der Waals surface area contributed by atoms with Gasteiger partial charge in [-0.15, -0.1) is 0 Å². The summed E-state index contributed by atoms with van der Waals surface area (Å²) in [5.74, 6) is -2.66. The lowest BCUT2D eigenvalue weighted by Crippen LogP contribution is -2.45. The summed E-state index contributed by atoms with van der Waals surface area (Å²) in [5.41, 5.74) is 1.13. The number of ketones is 1. The first-order valence-corrected chi connectivity index (χ1v) is 12.6. The molecule has 1 heterocycles. The van der Waals surface area contributed by atoms with Crippen LogP contribution in [0.4, 0.5) is 28.9 Å². The molecule has 0 saturated heterocycles. The third kappa shape index (κ3) is 5.07. The van der Waals surface area contributed by atoms with Crippen molar-refractivity contribution in [3.05, 3.63) is 88.9 Å². The summed E-state index contributed by atoms with van der Waals surface area (Å²) in [7, 11) is 4.40. The summed E-state index contributed by atoms with van der Waals surface area (Å²) >= 11 is 0. The number of benzene rings is 3. The minimum Gasteiger partial charge on any atom is -0.493 e. The molecule has 0 bridgehead atoms. The van der Waals surface area contributed by atoms with E-state index in [0.29, 0.717) is 33.4 Å². The van der Waals surface area contributed by atoms with Crippen LogP contribution in [0.1, 0.15) is 35.9 Å². The zero-order chi connectivity index (χ0) is 29.5. The summed E-state index contributed by atoms with van der Waals surface area (Å²) in [5, 5.41) is 3.14. The molecular weight excluding hydrogens is 544 g/mol. The van der Waals surface area contributed by atoms with E-state index in [1.807, 2.05) is 0 Å². The molecule has 3 aromatic rings. The van der Waals surface area contributed by atoms with Crippen LogP contribution in [-0.4, -0.2) is 39.2 Å². The molecule has 1 aliphatic heterocycles. The molecule has 0 fully saturated rings. The number of carbonyl (C=O) groups excluding carboxylic acids is 2. The average Bonchev–Trinajstić information content (AvgIpc) is 3.10. The highest BCUT2D eigenvalue weighted by atomic mass is 19.4. The topological polar surface area (TPSA) is 77.1 Å². The molecule has 7 nitrogen and oxygen atoms in total. The molecule has 0 spiro atoms. The number of rotatable bonds is 5. The quantitative estimate of drug-likeness (QED) is 0.362. The van der Waals surface area contributed by atoms with Crippen molar-refractivity contribution in [3.63, 3.8) is 0 Å². The highest BCUT2D eigenvalue weighted by molar-refractivity contribution is 6.07. The Morgan fingerprint density at radius 1 is 0.902 bits per heavy atom. The molecule has 214 valence electrons. The summed E-state index contributed by atoms with van der Waals surface area (Å²) < 4.78 is 72.8. The number of para-hydroxylation sites is 2. The molecule has 2 aliphatic rings. The predicted molar refractivity (Wildman–Crippen MR) is 143 cm³/mol. The van der Waals surface area contributed by atoms with Crippen LogP contribution in [0.2, 0.25) is 0 Å². The lowest BCUT2D eigenvalue weighted by molar-refractivity contribution is -0.170. The second-order valence-electron chi connectivity index (χ2n) is 9.65. The Hall–Kier alpha value is -4.54. The van der Waals surface area contributed by atoms with Gasteiger partial charge >= 0.3 is 12.1 Å². The van der Waals surface area contributed by atoms with E-state index in [1.54, 1.807) is 18.2 Å². The van der Waals surface area contributed by atoms with Gasteiger partial charge in [0.25, 0.3) is 0 Å². The number of methoxy groups -OCH3 is 3. The van der Waals surface area contributed by atoms with Gasteiger partial charge in [-0.25, -0.2) is 4.39 Å². The first-order chi connectivity index (χ1) is 19.6. The zero-order valence-corrected chi connectivity index (χ0v) is 22.3. The molecule has 0 aromatic heterocycles. The van der Waals surface area contributed by atoms with Gasteiger partial charge < -0.3 is 19.5 Å². The smallest absolute Gasteiger partial charge is 0.471 e. The molecular formula is C30H26F4N2O5. The number of amides is 1. The summed E-state index contributed by atoms with van der Waals surface area (Å²) in [4.78, 5) is 27.5. The van der Waals surface area contributed by atoms with Crippen LogP contribution < -0.4 is 24.4 Å². The predicted octanol–water partition coefficient (Wildman–Crippen LogP) is 6.31. The zero-order valence-electron chi connectivity index (χ0n) is 22.3. The monoisotopic (exact) mass is 570 g/mol. The van der Waals surface area contributed by atoms with Crippen LogP contribution in [0.15, 0.2) is 71.9 Å². The number of carbonyl (C=O) groups is 2. The highest BCUT2D eigenvalue weighted by Crippen LogP contribution is 2.50. The fourth-order valence-electron chi connectivity index (χ4n) is 5.52. The van der Waals surface area contributed by atoms with Crippen molar-refractivity contribution in [2.45, 2.75) is 31.0 Å². The largest absolute Gasteiger partial charge is 0.493 e. The normalized spacial score (nSPS) is 18.6. The van der Waals surface area contributed by atoms with Gasteiger partial charge in [-0.1, -0.05) is 24.3 Å². The van der Waals surface area contributed by atoms with Gasteiger partial charge in [-0.3, -0.25) is 14.5 Å². The van der Waals surface area contributed by atoms with Crippen LogP contribution in [0.5, 0.6) is 17.2 Å². The number of nitrogens with zero attached hydrogens (tertiary/aromatic N) is 1. The summed E-state index contributed by atoms with van der Waals surface area (Å²) in [6.07, 6.45) is -5.15. The van der Waals surface area contributed by atoms with E-state index in [4.69, 9.17) is 14.2 Å². The minimum absolute atomic E-state index is 0.0342. The van der Waals surface area contributed by atoms with E-state index >= 15 is 0 Å². The van der Waals surface area contributed by atoms with Crippen LogP contribution in [0.3, 0.4) is 0 Å². The maximum Gasteiger partial charge on any atom is 0.471 e. The lowest BCUT2D eigenvalue weighted by atomic mass is 9.78. The van der Waals surface area contributed by atoms with Gasteiger partial charge in [0.2, 0.25) is 5.75 Å². The number of alkyl halides is 3. The molecule has 1 aliphatic carbocycles. The Morgan fingerprint density at radius 3 is 2.20 bits per heavy atom. The number of hydrogen-bond acceptors (Lipinski definition) is 6. The van der Waals surface area contributed by atoms with Crippen molar-refractivity contribution in [2.75, 3.05) is 31.5 Å². The second-order valence-corrected chi connectivity index (χ2v) is 9.65. The Kier molecular flexibility index (Phi) is 7.37. The molecule has 0 radical (unpaired) electrons. The first-order valence-electron chi connectivity index (χ1n) is 12.6. The van der Waals surface area contributed by atoms with Gasteiger partial charge in [-0.2, -0.15) is 13.2 Å². The van der Waals surface area contributed by atoms with Gasteiger partial charge in [0.15, 0.2) is 17.3 Å². The number of hydrogen-bond donors (Lipinski definition) is 1. The van der Waals surface area contributed by atoms with Crippen molar-refractivity contribution in [2.24, 2.45) is 0 Å². The van der Waals surface area contributed by atoms with Crippen molar-refractivity contribution in [1.29, 1.82) is 0 Å². The van der Waals surface area contributed by atoms with Gasteiger partial charge in [0.05, 0.1) is 38.7 Å². The standard InChI is InChI=1S/C30H26F4N2O5/c1-39-24-14-18(15-25(40-2)28(24)41-3)17-12-21-26(23(37)13-17)27(16-7-6-8-19(31)11-16)36(29(38)30(32,33)34)22-10-5-4-9-20(22)35-21/h4-11,14-15,17,27,35H,12-13H2,1-3H3. The van der Waals surface area contributed by atoms with Gasteiger partial charge in [0.1, 0.15) is 5.82 Å². The molecule has 2 unspecified atom stereocenters. The molecule has 41 heavy (non-hydrogen) atoms. The maximum atomic E-state index is 14.4. The van der Waals surface area contributed by atoms with E-state index in [9.17, 15) is 27.2 Å². The lowest BCUT2D eigenvalue weighted by Gasteiger charge is -2.35. The molecule has 2 atom stereocenters. The second kappa shape index (κ2) is 10.8. The number of anilines is 2. The number of ether oxygens (including phenoxy) is 3. The molecule has 5 rings (SSSR count). The van der Waals surface area contributed by atoms with E-state index in [0.717, 1.165) is 12.1 Å². The van der Waals surface area contributed by atoms with Crippen molar-refractivity contribution in [3.8, 4) is 17.2 Å². The van der Waals surface area contributed by atoms with E-state index in [1.165, 1.54) is 51.7 Å². The van der Waals surface area contributed by atoms with Crippen molar-refractivity contribution >= 4 is 23.1 Å². The molecule has 11 heteroatoms. The number of halogens is 4. The summed E-state index contributed by atoms with van der Waals surface area (Å²) in [6, 6.07) is 12.8.